The predicted octanol–water partition coefficient (Wildman–Crippen LogP) is 4.31. The van der Waals surface area contributed by atoms with Gasteiger partial charge in [0.1, 0.15) is 5.82 Å². The zero-order valence-corrected chi connectivity index (χ0v) is 15.1. The van der Waals surface area contributed by atoms with E-state index >= 15 is 0 Å². The van der Waals surface area contributed by atoms with E-state index in [9.17, 15) is 8.78 Å². The first kappa shape index (κ1) is 16.7. The highest BCUT2D eigenvalue weighted by molar-refractivity contribution is 5.56. The molecule has 2 fully saturated rings. The molecule has 6 heteroatoms. The van der Waals surface area contributed by atoms with Gasteiger partial charge in [-0.2, -0.15) is 0 Å². The summed E-state index contributed by atoms with van der Waals surface area (Å²) in [6, 6.07) is 14.8. The fraction of sp³-hybridized carbons (Fsp3) is 0.429. The van der Waals surface area contributed by atoms with Gasteiger partial charge in [-0.1, -0.05) is 30.3 Å². The Labute approximate surface area is 156 Å². The summed E-state index contributed by atoms with van der Waals surface area (Å²) in [6.45, 7) is 2.01. The summed E-state index contributed by atoms with van der Waals surface area (Å²) >= 11 is 0. The van der Waals surface area contributed by atoms with E-state index in [2.05, 4.69) is 45.4 Å². The van der Waals surface area contributed by atoms with Crippen LogP contribution in [0, 0.1) is 5.92 Å². The molecule has 1 aliphatic heterocycles. The van der Waals surface area contributed by atoms with E-state index in [4.69, 9.17) is 0 Å². The molecule has 1 saturated heterocycles. The van der Waals surface area contributed by atoms with Crippen LogP contribution in [0.5, 0.6) is 0 Å². The number of aromatic nitrogens is 3. The van der Waals surface area contributed by atoms with Crippen molar-refractivity contribution in [1.82, 2.24) is 14.6 Å². The third-order valence-corrected chi connectivity index (χ3v) is 5.98. The number of hydrogen-bond acceptors (Lipinski definition) is 3. The molecule has 0 bridgehead atoms. The molecular formula is C21H22F2N4. The molecule has 1 saturated carbocycles. The van der Waals surface area contributed by atoms with Gasteiger partial charge in [0.15, 0.2) is 5.65 Å². The fourth-order valence-corrected chi connectivity index (χ4v) is 4.17. The molecule has 2 aromatic heterocycles. The first-order chi connectivity index (χ1) is 13.1. The Kier molecular flexibility index (Phi) is 3.88. The summed E-state index contributed by atoms with van der Waals surface area (Å²) in [7, 11) is 0. The van der Waals surface area contributed by atoms with Gasteiger partial charge in [-0.25, -0.2) is 8.78 Å². The lowest BCUT2D eigenvalue weighted by molar-refractivity contribution is 0.0984. The van der Waals surface area contributed by atoms with Crippen LogP contribution in [0.15, 0.2) is 48.7 Å². The lowest BCUT2D eigenvalue weighted by Crippen LogP contribution is -2.32. The number of anilines is 1. The van der Waals surface area contributed by atoms with Crippen LogP contribution in [-0.4, -0.2) is 33.6 Å². The summed E-state index contributed by atoms with van der Waals surface area (Å²) in [4.78, 5) is 2.38. The molecule has 1 unspecified atom stereocenters. The summed E-state index contributed by atoms with van der Waals surface area (Å²) in [5.41, 5.74) is 3.29. The van der Waals surface area contributed by atoms with Crippen LogP contribution in [0.4, 0.5) is 14.5 Å². The number of rotatable bonds is 4. The Bertz CT molecular complexity index is 945. The third-order valence-electron chi connectivity index (χ3n) is 5.98. The molecule has 0 radical (unpaired) electrons. The first-order valence-corrected chi connectivity index (χ1v) is 9.61. The van der Waals surface area contributed by atoms with Crippen LogP contribution in [0.2, 0.25) is 0 Å². The molecule has 1 atom stereocenters. The largest absolute Gasteiger partial charge is 0.371 e. The second-order valence-electron chi connectivity index (χ2n) is 7.77. The van der Waals surface area contributed by atoms with Crippen LogP contribution in [-0.2, 0) is 6.42 Å². The molecule has 0 amide bonds. The van der Waals surface area contributed by atoms with Crippen LogP contribution >= 0.6 is 0 Å². The maximum absolute atomic E-state index is 13.2. The molecule has 0 spiro atoms. The van der Waals surface area contributed by atoms with Gasteiger partial charge in [0, 0.05) is 49.8 Å². The molecule has 27 heavy (non-hydrogen) atoms. The Balaban J connectivity index is 1.29. The maximum Gasteiger partial charge on any atom is 0.252 e. The number of nitrogens with zero attached hydrogens (tertiary/aromatic N) is 4. The summed E-state index contributed by atoms with van der Waals surface area (Å²) in [5, 5.41) is 8.35. The van der Waals surface area contributed by atoms with Crippen molar-refractivity contribution in [3.8, 4) is 0 Å². The highest BCUT2D eigenvalue weighted by atomic mass is 19.3. The van der Waals surface area contributed by atoms with Crippen LogP contribution in [0.1, 0.15) is 36.6 Å². The minimum Gasteiger partial charge on any atom is -0.371 e. The number of alkyl halides is 2. The smallest absolute Gasteiger partial charge is 0.252 e. The molecule has 2 aliphatic rings. The van der Waals surface area contributed by atoms with Crippen molar-refractivity contribution in [3.05, 3.63) is 60.0 Å². The highest BCUT2D eigenvalue weighted by Crippen LogP contribution is 2.50. The molecule has 140 valence electrons. The van der Waals surface area contributed by atoms with Crippen molar-refractivity contribution < 1.29 is 8.78 Å². The lowest BCUT2D eigenvalue weighted by atomic mass is 9.89. The molecule has 1 aliphatic carbocycles. The van der Waals surface area contributed by atoms with Crippen molar-refractivity contribution in [1.29, 1.82) is 0 Å². The Morgan fingerprint density at radius 1 is 1.04 bits per heavy atom. The quantitative estimate of drug-likeness (QED) is 0.688. The third kappa shape index (κ3) is 3.17. The topological polar surface area (TPSA) is 33.4 Å². The first-order valence-electron chi connectivity index (χ1n) is 9.61. The average Bonchev–Trinajstić information content (AvgIpc) is 3.11. The average molecular weight is 368 g/mol. The Morgan fingerprint density at radius 2 is 1.78 bits per heavy atom. The fourth-order valence-electron chi connectivity index (χ4n) is 4.17. The molecule has 5 rings (SSSR count). The van der Waals surface area contributed by atoms with E-state index in [1.54, 1.807) is 0 Å². The van der Waals surface area contributed by atoms with Crippen molar-refractivity contribution in [2.75, 3.05) is 18.0 Å². The molecule has 3 aromatic rings. The number of benzene rings is 1. The zero-order valence-electron chi connectivity index (χ0n) is 15.1. The van der Waals surface area contributed by atoms with Gasteiger partial charge >= 0.3 is 0 Å². The van der Waals surface area contributed by atoms with E-state index in [1.807, 2.05) is 22.7 Å². The lowest BCUT2D eigenvalue weighted by Gasteiger charge is -2.33. The summed E-state index contributed by atoms with van der Waals surface area (Å²) < 4.78 is 28.2. The summed E-state index contributed by atoms with van der Waals surface area (Å²) in [6.07, 6.45) is 4.43. The van der Waals surface area contributed by atoms with E-state index in [0.717, 1.165) is 37.3 Å². The van der Waals surface area contributed by atoms with Gasteiger partial charge < -0.3 is 4.90 Å². The maximum atomic E-state index is 13.2. The van der Waals surface area contributed by atoms with Gasteiger partial charge in [-0.15, -0.1) is 10.2 Å². The second kappa shape index (κ2) is 6.29. The second-order valence-corrected chi connectivity index (χ2v) is 7.77. The Morgan fingerprint density at radius 3 is 2.48 bits per heavy atom. The number of pyridine rings is 1. The molecular weight excluding hydrogens is 346 g/mol. The number of halogens is 2. The van der Waals surface area contributed by atoms with E-state index < -0.39 is 11.8 Å². The van der Waals surface area contributed by atoms with Gasteiger partial charge in [-0.3, -0.25) is 4.40 Å². The number of fused-ring (bicyclic) bond motifs is 1. The molecule has 0 N–H and O–H groups in total. The van der Waals surface area contributed by atoms with Gasteiger partial charge in [-0.05, 0) is 30.4 Å². The summed E-state index contributed by atoms with van der Waals surface area (Å²) in [5.74, 6) is -1.86. The van der Waals surface area contributed by atoms with Crippen LogP contribution < -0.4 is 4.90 Å². The SMILES string of the molecule is FC1(F)CC1Cc1nnc2cc(N3CCC(c4ccccc4)CC3)ccn12. The van der Waals surface area contributed by atoms with Crippen LogP contribution in [0.25, 0.3) is 5.65 Å². The molecule has 4 nitrogen and oxygen atoms in total. The van der Waals surface area contributed by atoms with E-state index in [-0.39, 0.29) is 12.8 Å². The molecule has 1 aromatic carbocycles. The Hall–Kier alpha value is -2.50. The van der Waals surface area contributed by atoms with E-state index in [0.29, 0.717) is 11.7 Å². The monoisotopic (exact) mass is 368 g/mol. The van der Waals surface area contributed by atoms with Crippen molar-refractivity contribution in [3.63, 3.8) is 0 Å². The standard InChI is InChI=1S/C21H22F2N4/c22-21(23)14-17(21)12-19-24-25-20-13-18(8-11-27(19)20)26-9-6-16(7-10-26)15-4-2-1-3-5-15/h1-5,8,11,13,16-17H,6-7,9-10,12,14H2. The van der Waals surface area contributed by atoms with Crippen molar-refractivity contribution >= 4 is 11.3 Å². The highest BCUT2D eigenvalue weighted by Gasteiger charge is 2.56. The zero-order chi connectivity index (χ0) is 18.4. The normalized spacial score (nSPS) is 22.3. The minimum absolute atomic E-state index is 0.0314. The van der Waals surface area contributed by atoms with Gasteiger partial charge in [0.05, 0.1) is 0 Å². The van der Waals surface area contributed by atoms with Gasteiger partial charge in [0.25, 0.3) is 5.92 Å². The van der Waals surface area contributed by atoms with Crippen molar-refractivity contribution in [2.45, 2.75) is 37.5 Å². The predicted molar refractivity (Wildman–Crippen MR) is 100 cm³/mol. The van der Waals surface area contributed by atoms with Gasteiger partial charge in [0.2, 0.25) is 0 Å². The van der Waals surface area contributed by atoms with Crippen molar-refractivity contribution in [2.24, 2.45) is 5.92 Å². The minimum atomic E-state index is -2.52. The number of hydrogen-bond donors (Lipinski definition) is 0. The van der Waals surface area contributed by atoms with Crippen LogP contribution in [0.3, 0.4) is 0 Å². The van der Waals surface area contributed by atoms with E-state index in [1.165, 1.54) is 5.56 Å². The number of piperidine rings is 1. The molecule has 3 heterocycles.